The zero-order valence-electron chi connectivity index (χ0n) is 10.6. The first-order valence-corrected chi connectivity index (χ1v) is 6.79. The molecule has 0 saturated carbocycles. The monoisotopic (exact) mass is 290 g/mol. The Labute approximate surface area is 123 Å². The standard InChI is InChI=1S/C15H15ClN2S/c1-11-6-2-5-9-14(11)18-15(19)17-10-12-7-3-4-8-13(12)16/h2-9H,10H2,1H3,(H2,17,18,19). The van der Waals surface area contributed by atoms with Gasteiger partial charge >= 0.3 is 0 Å². The maximum Gasteiger partial charge on any atom is 0.171 e. The van der Waals surface area contributed by atoms with Crippen LogP contribution in [0, 0.1) is 6.92 Å². The van der Waals surface area contributed by atoms with E-state index in [4.69, 9.17) is 23.8 Å². The average molecular weight is 291 g/mol. The Balaban J connectivity index is 1.92. The summed E-state index contributed by atoms with van der Waals surface area (Å²) in [5.74, 6) is 0. The lowest BCUT2D eigenvalue weighted by Gasteiger charge is -2.12. The first-order valence-electron chi connectivity index (χ1n) is 6.00. The fraction of sp³-hybridized carbons (Fsp3) is 0.133. The third kappa shape index (κ3) is 3.94. The van der Waals surface area contributed by atoms with E-state index in [1.165, 1.54) is 0 Å². The number of rotatable bonds is 3. The highest BCUT2D eigenvalue weighted by atomic mass is 35.5. The van der Waals surface area contributed by atoms with E-state index in [1.54, 1.807) is 0 Å². The number of hydrogen-bond donors (Lipinski definition) is 2. The van der Waals surface area contributed by atoms with Crippen LogP contribution in [-0.2, 0) is 6.54 Å². The highest BCUT2D eigenvalue weighted by Gasteiger charge is 2.02. The Bertz CT molecular complexity index is 584. The quantitative estimate of drug-likeness (QED) is 0.831. The Kier molecular flexibility index (Phi) is 4.77. The molecular weight excluding hydrogens is 276 g/mol. The van der Waals surface area contributed by atoms with Crippen molar-refractivity contribution in [3.63, 3.8) is 0 Å². The number of para-hydroxylation sites is 1. The number of anilines is 1. The van der Waals surface area contributed by atoms with Crippen molar-refractivity contribution in [2.75, 3.05) is 5.32 Å². The van der Waals surface area contributed by atoms with E-state index >= 15 is 0 Å². The predicted molar refractivity (Wildman–Crippen MR) is 85.7 cm³/mol. The fourth-order valence-corrected chi connectivity index (χ4v) is 2.08. The average Bonchev–Trinajstić information content (AvgIpc) is 2.40. The van der Waals surface area contributed by atoms with Crippen LogP contribution in [0.25, 0.3) is 0 Å². The third-order valence-electron chi connectivity index (χ3n) is 2.79. The molecule has 0 atom stereocenters. The van der Waals surface area contributed by atoms with Gasteiger partial charge in [-0.25, -0.2) is 0 Å². The molecular formula is C15H15ClN2S. The summed E-state index contributed by atoms with van der Waals surface area (Å²) in [5, 5.41) is 7.66. The van der Waals surface area contributed by atoms with Crippen molar-refractivity contribution in [2.24, 2.45) is 0 Å². The molecule has 0 unspecified atom stereocenters. The maximum atomic E-state index is 6.09. The van der Waals surface area contributed by atoms with Gasteiger partial charge in [0.1, 0.15) is 0 Å². The molecule has 4 heteroatoms. The van der Waals surface area contributed by atoms with Crippen molar-refractivity contribution in [2.45, 2.75) is 13.5 Å². The number of hydrogen-bond acceptors (Lipinski definition) is 1. The minimum atomic E-state index is 0.592. The molecule has 0 radical (unpaired) electrons. The highest BCUT2D eigenvalue weighted by molar-refractivity contribution is 7.80. The van der Waals surface area contributed by atoms with Gasteiger partial charge in [0, 0.05) is 17.3 Å². The topological polar surface area (TPSA) is 24.1 Å². The summed E-state index contributed by atoms with van der Waals surface area (Å²) in [6.45, 7) is 2.65. The van der Waals surface area contributed by atoms with Gasteiger partial charge in [0.05, 0.1) is 0 Å². The van der Waals surface area contributed by atoms with E-state index in [9.17, 15) is 0 Å². The third-order valence-corrected chi connectivity index (χ3v) is 3.41. The highest BCUT2D eigenvalue weighted by Crippen LogP contribution is 2.15. The van der Waals surface area contributed by atoms with Crippen molar-refractivity contribution in [3.8, 4) is 0 Å². The molecule has 0 fully saturated rings. The molecule has 0 saturated heterocycles. The molecule has 2 nitrogen and oxygen atoms in total. The molecule has 2 aromatic rings. The first kappa shape index (κ1) is 13.8. The minimum absolute atomic E-state index is 0.592. The van der Waals surface area contributed by atoms with Gasteiger partial charge in [-0.05, 0) is 42.4 Å². The second-order valence-electron chi connectivity index (χ2n) is 4.21. The molecule has 19 heavy (non-hydrogen) atoms. The van der Waals surface area contributed by atoms with Crippen LogP contribution in [0.4, 0.5) is 5.69 Å². The van der Waals surface area contributed by atoms with Crippen molar-refractivity contribution >= 4 is 34.6 Å². The molecule has 0 aromatic heterocycles. The van der Waals surface area contributed by atoms with E-state index in [-0.39, 0.29) is 0 Å². The van der Waals surface area contributed by atoms with Crippen LogP contribution in [0.2, 0.25) is 5.02 Å². The molecule has 0 amide bonds. The fourth-order valence-electron chi connectivity index (χ4n) is 1.70. The van der Waals surface area contributed by atoms with Gasteiger partial charge in [-0.2, -0.15) is 0 Å². The lowest BCUT2D eigenvalue weighted by molar-refractivity contribution is 0.926. The van der Waals surface area contributed by atoms with Gasteiger partial charge in [0.25, 0.3) is 0 Å². The van der Waals surface area contributed by atoms with Gasteiger partial charge in [-0.3, -0.25) is 0 Å². The largest absolute Gasteiger partial charge is 0.358 e. The summed E-state index contributed by atoms with van der Waals surface area (Å²) in [6, 6.07) is 15.7. The van der Waals surface area contributed by atoms with E-state index in [0.717, 1.165) is 21.8 Å². The molecule has 0 aliphatic rings. The van der Waals surface area contributed by atoms with E-state index in [2.05, 4.69) is 10.6 Å². The van der Waals surface area contributed by atoms with Crippen molar-refractivity contribution in [1.29, 1.82) is 0 Å². The van der Waals surface area contributed by atoms with Crippen LogP contribution in [0.1, 0.15) is 11.1 Å². The molecule has 0 aliphatic carbocycles. The van der Waals surface area contributed by atoms with Crippen LogP contribution in [0.5, 0.6) is 0 Å². The van der Waals surface area contributed by atoms with Gasteiger partial charge in [-0.1, -0.05) is 48.0 Å². The summed E-state index contributed by atoms with van der Waals surface area (Å²) in [5.41, 5.74) is 3.20. The number of aryl methyl sites for hydroxylation is 1. The van der Waals surface area contributed by atoms with Crippen LogP contribution in [0.3, 0.4) is 0 Å². The molecule has 2 aromatic carbocycles. The summed E-state index contributed by atoms with van der Waals surface area (Å²) in [7, 11) is 0. The van der Waals surface area contributed by atoms with Gasteiger partial charge in [-0.15, -0.1) is 0 Å². The lowest BCUT2D eigenvalue weighted by atomic mass is 10.2. The van der Waals surface area contributed by atoms with Crippen LogP contribution in [0.15, 0.2) is 48.5 Å². The second-order valence-corrected chi connectivity index (χ2v) is 5.03. The lowest BCUT2D eigenvalue weighted by Crippen LogP contribution is -2.28. The molecule has 0 spiro atoms. The number of benzene rings is 2. The SMILES string of the molecule is Cc1ccccc1NC(=S)NCc1ccccc1Cl. The summed E-state index contributed by atoms with van der Waals surface area (Å²) in [4.78, 5) is 0. The van der Waals surface area contributed by atoms with Gasteiger partial charge in [0.15, 0.2) is 5.11 Å². The van der Waals surface area contributed by atoms with Crippen molar-refractivity contribution < 1.29 is 0 Å². The van der Waals surface area contributed by atoms with Gasteiger partial charge in [0.2, 0.25) is 0 Å². The minimum Gasteiger partial charge on any atom is -0.358 e. The van der Waals surface area contributed by atoms with E-state index in [0.29, 0.717) is 11.7 Å². The van der Waals surface area contributed by atoms with Crippen molar-refractivity contribution in [1.82, 2.24) is 5.32 Å². The van der Waals surface area contributed by atoms with Crippen LogP contribution in [-0.4, -0.2) is 5.11 Å². The molecule has 0 aliphatic heterocycles. The Morgan fingerprint density at radius 2 is 1.79 bits per heavy atom. The molecule has 98 valence electrons. The first-order chi connectivity index (χ1) is 9.16. The summed E-state index contributed by atoms with van der Waals surface area (Å²) in [6.07, 6.45) is 0. The maximum absolute atomic E-state index is 6.09. The zero-order valence-corrected chi connectivity index (χ0v) is 12.2. The summed E-state index contributed by atoms with van der Waals surface area (Å²) >= 11 is 11.4. The van der Waals surface area contributed by atoms with E-state index < -0.39 is 0 Å². The molecule has 0 bridgehead atoms. The zero-order chi connectivity index (χ0) is 13.7. The Hall–Kier alpha value is -1.58. The van der Waals surface area contributed by atoms with Crippen LogP contribution < -0.4 is 10.6 Å². The normalized spacial score (nSPS) is 10.0. The summed E-state index contributed by atoms with van der Waals surface area (Å²) < 4.78 is 0. The Morgan fingerprint density at radius 3 is 2.53 bits per heavy atom. The predicted octanol–water partition coefficient (Wildman–Crippen LogP) is 4.14. The Morgan fingerprint density at radius 1 is 1.11 bits per heavy atom. The van der Waals surface area contributed by atoms with Crippen LogP contribution >= 0.6 is 23.8 Å². The molecule has 2 N–H and O–H groups in total. The van der Waals surface area contributed by atoms with Crippen molar-refractivity contribution in [3.05, 3.63) is 64.7 Å². The van der Waals surface area contributed by atoms with E-state index in [1.807, 2.05) is 55.5 Å². The smallest absolute Gasteiger partial charge is 0.171 e. The molecule has 0 heterocycles. The number of thiocarbonyl (C=S) groups is 1. The van der Waals surface area contributed by atoms with Gasteiger partial charge < -0.3 is 10.6 Å². The molecule has 2 rings (SSSR count). The number of nitrogens with one attached hydrogen (secondary N) is 2. The second kappa shape index (κ2) is 6.55. The number of halogens is 1.